The Bertz CT molecular complexity index is 1560. The van der Waals surface area contributed by atoms with Gasteiger partial charge in [-0.2, -0.15) is 0 Å². The fourth-order valence-electron chi connectivity index (χ4n) is 3.53. The molecule has 4 aromatic rings. The van der Waals surface area contributed by atoms with Crippen LogP contribution in [0.1, 0.15) is 31.1 Å². The van der Waals surface area contributed by atoms with Crippen molar-refractivity contribution in [2.45, 2.75) is 31.2 Å². The molecule has 9 nitrogen and oxygen atoms in total. The Morgan fingerprint density at radius 2 is 1.68 bits per heavy atom. The molecule has 0 spiro atoms. The van der Waals surface area contributed by atoms with E-state index in [1.165, 1.54) is 29.5 Å². The van der Waals surface area contributed by atoms with Gasteiger partial charge in [0.15, 0.2) is 0 Å². The molecule has 0 saturated carbocycles. The highest BCUT2D eigenvalue weighted by Gasteiger charge is 2.26. The predicted molar refractivity (Wildman–Crippen MR) is 144 cm³/mol. The zero-order chi connectivity index (χ0) is 26.8. The average molecular weight is 537 g/mol. The number of nitro benzene ring substituents is 1. The second kappa shape index (κ2) is 10.2. The molecule has 1 amide bonds. The third-order valence-electron chi connectivity index (χ3n) is 5.10. The maximum Gasteiger partial charge on any atom is 0.269 e. The van der Waals surface area contributed by atoms with Crippen LogP contribution in [0.2, 0.25) is 0 Å². The number of nitrogens with one attached hydrogen (secondary N) is 2. The maximum atomic E-state index is 13.4. The van der Waals surface area contributed by atoms with Crippen LogP contribution in [0.4, 0.5) is 11.4 Å². The molecule has 0 bridgehead atoms. The first-order chi connectivity index (χ1) is 17.4. The fourth-order valence-corrected chi connectivity index (χ4v) is 6.23. The van der Waals surface area contributed by atoms with Gasteiger partial charge in [0.05, 0.1) is 14.7 Å². The first kappa shape index (κ1) is 26.1. The van der Waals surface area contributed by atoms with Crippen LogP contribution in [-0.2, 0) is 10.0 Å². The molecule has 0 fully saturated rings. The Morgan fingerprint density at radius 1 is 1.00 bits per heavy atom. The van der Waals surface area contributed by atoms with Crippen LogP contribution in [0, 0.1) is 10.1 Å². The van der Waals surface area contributed by atoms with E-state index in [-0.39, 0.29) is 16.5 Å². The van der Waals surface area contributed by atoms with E-state index in [2.05, 4.69) is 15.0 Å². The highest BCUT2D eigenvalue weighted by Crippen LogP contribution is 2.37. The third-order valence-corrected chi connectivity index (χ3v) is 7.98. The van der Waals surface area contributed by atoms with E-state index in [0.717, 1.165) is 0 Å². The average Bonchev–Trinajstić information content (AvgIpc) is 3.33. The molecule has 0 radical (unpaired) electrons. The predicted octanol–water partition coefficient (Wildman–Crippen LogP) is 5.71. The molecule has 11 heteroatoms. The maximum absolute atomic E-state index is 13.4. The van der Waals surface area contributed by atoms with Crippen LogP contribution < -0.4 is 10.0 Å². The van der Waals surface area contributed by atoms with Crippen LogP contribution in [-0.4, -0.2) is 29.8 Å². The zero-order valence-corrected chi connectivity index (χ0v) is 21.9. The quantitative estimate of drug-likeness (QED) is 0.230. The number of non-ortho nitro benzene ring substituents is 1. The summed E-state index contributed by atoms with van der Waals surface area (Å²) in [5, 5.41) is 14.3. The number of sulfonamides is 1. The van der Waals surface area contributed by atoms with Crippen LogP contribution in [0.3, 0.4) is 0 Å². The number of carbonyl (C=O) groups is 1. The minimum Gasteiger partial charge on any atom is -0.322 e. The number of hydrogen-bond donors (Lipinski definition) is 2. The number of thiazole rings is 1. The van der Waals surface area contributed by atoms with E-state index in [1.54, 1.807) is 81.6 Å². The SMILES string of the molecule is CC(C)(C)NS(=O)(=O)c1cc(NC(=O)c2ccccc2)ccc1-c1cnc(-c2ccc([N+](=O)[O-])cc2)s1. The van der Waals surface area contributed by atoms with Gasteiger partial charge >= 0.3 is 0 Å². The number of nitro groups is 1. The summed E-state index contributed by atoms with van der Waals surface area (Å²) >= 11 is 1.26. The molecule has 37 heavy (non-hydrogen) atoms. The van der Waals surface area contributed by atoms with Gasteiger partial charge < -0.3 is 5.32 Å². The van der Waals surface area contributed by atoms with Crippen molar-refractivity contribution < 1.29 is 18.1 Å². The lowest BCUT2D eigenvalue weighted by Gasteiger charge is -2.22. The molecule has 0 saturated heterocycles. The molecule has 0 aliphatic rings. The Labute approximate surface area is 218 Å². The van der Waals surface area contributed by atoms with E-state index >= 15 is 0 Å². The number of amides is 1. The van der Waals surface area contributed by atoms with E-state index < -0.39 is 20.5 Å². The fraction of sp³-hybridized carbons (Fsp3) is 0.154. The molecule has 0 aliphatic carbocycles. The van der Waals surface area contributed by atoms with Crippen LogP contribution in [0.25, 0.3) is 21.0 Å². The molecule has 0 unspecified atom stereocenters. The van der Waals surface area contributed by atoms with E-state index in [9.17, 15) is 23.3 Å². The summed E-state index contributed by atoms with van der Waals surface area (Å²) in [4.78, 5) is 28.1. The van der Waals surface area contributed by atoms with Gasteiger partial charge in [0.1, 0.15) is 5.01 Å². The number of hydrogen-bond acceptors (Lipinski definition) is 7. The molecule has 0 atom stereocenters. The molecule has 0 aliphatic heterocycles. The van der Waals surface area contributed by atoms with Gasteiger partial charge in [-0.3, -0.25) is 14.9 Å². The topological polar surface area (TPSA) is 131 Å². The normalized spacial score (nSPS) is 11.8. The molecular formula is C26H24N4O5S2. The Hall–Kier alpha value is -3.93. The molecule has 4 rings (SSSR count). The highest BCUT2D eigenvalue weighted by atomic mass is 32.2. The number of carbonyl (C=O) groups excluding carboxylic acids is 1. The van der Waals surface area contributed by atoms with E-state index in [1.807, 2.05) is 0 Å². The Kier molecular flexibility index (Phi) is 7.21. The summed E-state index contributed by atoms with van der Waals surface area (Å²) in [6.45, 7) is 5.22. The van der Waals surface area contributed by atoms with Crippen molar-refractivity contribution in [1.29, 1.82) is 0 Å². The summed E-state index contributed by atoms with van der Waals surface area (Å²) in [5.74, 6) is -0.362. The Morgan fingerprint density at radius 3 is 2.30 bits per heavy atom. The van der Waals surface area contributed by atoms with Gasteiger partial charge in [-0.05, 0) is 57.2 Å². The second-order valence-corrected chi connectivity index (χ2v) is 11.9. The molecule has 1 heterocycles. The molecule has 3 aromatic carbocycles. The van der Waals surface area contributed by atoms with Gasteiger partial charge in [-0.25, -0.2) is 18.1 Å². The van der Waals surface area contributed by atoms with Crippen molar-refractivity contribution in [3.8, 4) is 21.0 Å². The van der Waals surface area contributed by atoms with Crippen molar-refractivity contribution in [1.82, 2.24) is 9.71 Å². The van der Waals surface area contributed by atoms with Gasteiger partial charge in [-0.15, -0.1) is 11.3 Å². The first-order valence-electron chi connectivity index (χ1n) is 11.2. The summed E-state index contributed by atoms with van der Waals surface area (Å²) in [5.41, 5.74) is 1.09. The largest absolute Gasteiger partial charge is 0.322 e. The summed E-state index contributed by atoms with van der Waals surface area (Å²) in [6.07, 6.45) is 1.56. The Balaban J connectivity index is 1.74. The lowest BCUT2D eigenvalue weighted by Crippen LogP contribution is -2.40. The number of benzene rings is 3. The lowest BCUT2D eigenvalue weighted by atomic mass is 10.1. The van der Waals surface area contributed by atoms with Crippen LogP contribution in [0.5, 0.6) is 0 Å². The minimum atomic E-state index is -3.99. The highest BCUT2D eigenvalue weighted by molar-refractivity contribution is 7.89. The lowest BCUT2D eigenvalue weighted by molar-refractivity contribution is -0.384. The second-order valence-electron chi connectivity index (χ2n) is 9.22. The smallest absolute Gasteiger partial charge is 0.269 e. The van der Waals surface area contributed by atoms with Crippen molar-refractivity contribution in [3.05, 3.63) is 94.7 Å². The standard InChI is InChI=1S/C26H24N4O5S2/c1-26(2,3)29-37(34,35)23-15-19(28-24(31)17-7-5-4-6-8-17)11-14-21(23)22-16-27-25(36-22)18-9-12-20(13-10-18)30(32)33/h4-16,29H,1-3H3,(H,28,31). The van der Waals surface area contributed by atoms with Crippen molar-refractivity contribution in [2.75, 3.05) is 5.32 Å². The van der Waals surface area contributed by atoms with Crippen LogP contribution >= 0.6 is 11.3 Å². The number of nitrogens with zero attached hydrogens (tertiary/aromatic N) is 2. The summed E-state index contributed by atoms with van der Waals surface area (Å²) in [6, 6.07) is 19.3. The number of aromatic nitrogens is 1. The van der Waals surface area contributed by atoms with Crippen LogP contribution in [0.15, 0.2) is 83.9 Å². The third kappa shape index (κ3) is 6.26. The molecule has 2 N–H and O–H groups in total. The van der Waals surface area contributed by atoms with Crippen molar-refractivity contribution in [3.63, 3.8) is 0 Å². The van der Waals surface area contributed by atoms with Crippen molar-refractivity contribution >= 4 is 38.6 Å². The van der Waals surface area contributed by atoms with Crippen molar-refractivity contribution in [2.24, 2.45) is 0 Å². The summed E-state index contributed by atoms with van der Waals surface area (Å²) < 4.78 is 29.5. The molecule has 190 valence electrons. The van der Waals surface area contributed by atoms with Gasteiger partial charge in [-0.1, -0.05) is 24.3 Å². The minimum absolute atomic E-state index is 0.00724. The van der Waals surface area contributed by atoms with E-state index in [0.29, 0.717) is 32.3 Å². The monoisotopic (exact) mass is 536 g/mol. The first-order valence-corrected chi connectivity index (χ1v) is 13.5. The van der Waals surface area contributed by atoms with Gasteiger partial charge in [0, 0.05) is 46.2 Å². The molecule has 1 aromatic heterocycles. The van der Waals surface area contributed by atoms with Gasteiger partial charge in [0.25, 0.3) is 11.6 Å². The number of anilines is 1. The van der Waals surface area contributed by atoms with Gasteiger partial charge in [0.2, 0.25) is 10.0 Å². The number of rotatable bonds is 7. The van der Waals surface area contributed by atoms with E-state index in [4.69, 9.17) is 0 Å². The zero-order valence-electron chi connectivity index (χ0n) is 20.3. The summed E-state index contributed by atoms with van der Waals surface area (Å²) in [7, 11) is -3.99. The molecular weight excluding hydrogens is 512 g/mol.